The standard InChI is InChI=1S/C14H20O3/c1-3-4-5-12-6-8-13(9-7-12)17-11-10-14(15)16-2/h6-9H,3-5,10-11H2,1-2H3. The highest BCUT2D eigenvalue weighted by atomic mass is 16.5. The van der Waals surface area contributed by atoms with Crippen LogP contribution >= 0.6 is 0 Å². The molecule has 0 saturated heterocycles. The molecule has 94 valence electrons. The molecule has 0 aliphatic carbocycles. The van der Waals surface area contributed by atoms with Gasteiger partial charge in [0.25, 0.3) is 0 Å². The SMILES string of the molecule is CCCCc1ccc(OCCC(=O)OC)cc1. The van der Waals surface area contributed by atoms with Gasteiger partial charge in [-0.15, -0.1) is 0 Å². The van der Waals surface area contributed by atoms with Crippen LogP contribution in [0, 0.1) is 0 Å². The van der Waals surface area contributed by atoms with Crippen LogP contribution in [0.2, 0.25) is 0 Å². The minimum Gasteiger partial charge on any atom is -0.493 e. The third kappa shape index (κ3) is 5.38. The van der Waals surface area contributed by atoms with Gasteiger partial charge in [0.15, 0.2) is 0 Å². The fraction of sp³-hybridized carbons (Fsp3) is 0.500. The second kappa shape index (κ2) is 7.71. The Labute approximate surface area is 103 Å². The molecule has 0 fully saturated rings. The van der Waals surface area contributed by atoms with Crippen molar-refractivity contribution in [1.82, 2.24) is 0 Å². The number of carbonyl (C=O) groups is 1. The van der Waals surface area contributed by atoms with E-state index in [1.165, 1.54) is 25.5 Å². The molecule has 0 N–H and O–H groups in total. The van der Waals surface area contributed by atoms with E-state index in [1.54, 1.807) is 0 Å². The highest BCUT2D eigenvalue weighted by Crippen LogP contribution is 2.14. The molecule has 0 saturated carbocycles. The first-order valence-corrected chi connectivity index (χ1v) is 6.04. The van der Waals surface area contributed by atoms with Gasteiger partial charge >= 0.3 is 5.97 Å². The van der Waals surface area contributed by atoms with Gasteiger partial charge in [0.1, 0.15) is 5.75 Å². The average molecular weight is 236 g/mol. The van der Waals surface area contributed by atoms with Crippen LogP contribution in [0.4, 0.5) is 0 Å². The maximum Gasteiger partial charge on any atom is 0.308 e. The van der Waals surface area contributed by atoms with Gasteiger partial charge in [-0.05, 0) is 30.5 Å². The zero-order valence-corrected chi connectivity index (χ0v) is 10.6. The molecule has 0 unspecified atom stereocenters. The largest absolute Gasteiger partial charge is 0.493 e. The smallest absolute Gasteiger partial charge is 0.308 e. The van der Waals surface area contributed by atoms with Gasteiger partial charge in [0, 0.05) is 0 Å². The van der Waals surface area contributed by atoms with E-state index >= 15 is 0 Å². The number of aryl methyl sites for hydroxylation is 1. The fourth-order valence-electron chi connectivity index (χ4n) is 1.49. The molecule has 1 aromatic rings. The zero-order valence-electron chi connectivity index (χ0n) is 10.6. The Hall–Kier alpha value is -1.51. The van der Waals surface area contributed by atoms with E-state index in [2.05, 4.69) is 23.8 Å². The van der Waals surface area contributed by atoms with Gasteiger partial charge in [-0.1, -0.05) is 25.5 Å². The summed E-state index contributed by atoms with van der Waals surface area (Å²) in [6.07, 6.45) is 3.81. The summed E-state index contributed by atoms with van der Waals surface area (Å²) in [4.78, 5) is 10.9. The number of ether oxygens (including phenoxy) is 2. The van der Waals surface area contributed by atoms with E-state index in [0.29, 0.717) is 6.61 Å². The first kappa shape index (κ1) is 13.6. The number of methoxy groups -OCH3 is 1. The van der Waals surface area contributed by atoms with E-state index in [1.807, 2.05) is 12.1 Å². The lowest BCUT2D eigenvalue weighted by Crippen LogP contribution is -2.07. The topological polar surface area (TPSA) is 35.5 Å². The summed E-state index contributed by atoms with van der Waals surface area (Å²) in [5.41, 5.74) is 1.33. The van der Waals surface area contributed by atoms with Crippen molar-refractivity contribution in [2.45, 2.75) is 32.6 Å². The maximum atomic E-state index is 10.9. The highest BCUT2D eigenvalue weighted by molar-refractivity contribution is 5.69. The Morgan fingerprint density at radius 1 is 1.24 bits per heavy atom. The van der Waals surface area contributed by atoms with Crippen LogP contribution in [0.5, 0.6) is 5.75 Å². The molecule has 1 rings (SSSR count). The van der Waals surface area contributed by atoms with Crippen LogP contribution in [0.25, 0.3) is 0 Å². The van der Waals surface area contributed by atoms with Crippen molar-refractivity contribution < 1.29 is 14.3 Å². The Balaban J connectivity index is 2.32. The van der Waals surface area contributed by atoms with Crippen LogP contribution in [0.1, 0.15) is 31.7 Å². The van der Waals surface area contributed by atoms with E-state index in [-0.39, 0.29) is 12.4 Å². The molecule has 1 aromatic carbocycles. The maximum absolute atomic E-state index is 10.9. The van der Waals surface area contributed by atoms with Crippen molar-refractivity contribution in [2.24, 2.45) is 0 Å². The molecular weight excluding hydrogens is 216 g/mol. The van der Waals surface area contributed by atoms with Crippen LogP contribution in [0.15, 0.2) is 24.3 Å². The molecule has 0 aromatic heterocycles. The number of rotatable bonds is 7. The van der Waals surface area contributed by atoms with Crippen molar-refractivity contribution in [2.75, 3.05) is 13.7 Å². The van der Waals surface area contributed by atoms with Crippen LogP contribution in [0.3, 0.4) is 0 Å². The number of hydrogen-bond donors (Lipinski definition) is 0. The van der Waals surface area contributed by atoms with Gasteiger partial charge in [0.2, 0.25) is 0 Å². The lowest BCUT2D eigenvalue weighted by molar-refractivity contribution is -0.141. The Bertz CT molecular complexity index is 330. The van der Waals surface area contributed by atoms with Crippen LogP contribution < -0.4 is 4.74 Å². The average Bonchev–Trinajstić information content (AvgIpc) is 2.37. The summed E-state index contributed by atoms with van der Waals surface area (Å²) in [7, 11) is 1.38. The Kier molecular flexibility index (Phi) is 6.15. The minimum absolute atomic E-state index is 0.246. The second-order valence-corrected chi connectivity index (χ2v) is 3.92. The van der Waals surface area contributed by atoms with Gasteiger partial charge in [0.05, 0.1) is 20.1 Å². The van der Waals surface area contributed by atoms with E-state index in [9.17, 15) is 4.79 Å². The molecule has 17 heavy (non-hydrogen) atoms. The molecule has 0 aliphatic heterocycles. The molecule has 0 aliphatic rings. The first-order chi connectivity index (χ1) is 8.26. The van der Waals surface area contributed by atoms with E-state index in [4.69, 9.17) is 4.74 Å². The summed E-state index contributed by atoms with van der Waals surface area (Å²) < 4.78 is 9.97. The van der Waals surface area contributed by atoms with E-state index in [0.717, 1.165) is 12.2 Å². The van der Waals surface area contributed by atoms with E-state index < -0.39 is 0 Å². The molecular formula is C14H20O3. The Morgan fingerprint density at radius 2 is 1.94 bits per heavy atom. The predicted molar refractivity (Wildman–Crippen MR) is 67.2 cm³/mol. The molecule has 0 spiro atoms. The summed E-state index contributed by atoms with van der Waals surface area (Å²) >= 11 is 0. The van der Waals surface area contributed by atoms with Gasteiger partial charge in [-0.3, -0.25) is 4.79 Å². The Morgan fingerprint density at radius 3 is 2.53 bits per heavy atom. The zero-order chi connectivity index (χ0) is 12.5. The van der Waals surface area contributed by atoms with Crippen molar-refractivity contribution in [3.63, 3.8) is 0 Å². The molecule has 3 nitrogen and oxygen atoms in total. The van der Waals surface area contributed by atoms with Crippen molar-refractivity contribution in [3.8, 4) is 5.75 Å². The minimum atomic E-state index is -0.246. The van der Waals surface area contributed by atoms with Crippen molar-refractivity contribution in [3.05, 3.63) is 29.8 Å². The summed E-state index contributed by atoms with van der Waals surface area (Å²) in [5, 5.41) is 0. The molecule has 0 bridgehead atoms. The number of hydrogen-bond acceptors (Lipinski definition) is 3. The summed E-state index contributed by atoms with van der Waals surface area (Å²) in [6.45, 7) is 2.55. The predicted octanol–water partition coefficient (Wildman–Crippen LogP) is 2.97. The summed E-state index contributed by atoms with van der Waals surface area (Å²) in [6, 6.07) is 8.04. The third-order valence-corrected chi connectivity index (χ3v) is 2.54. The van der Waals surface area contributed by atoms with Crippen molar-refractivity contribution in [1.29, 1.82) is 0 Å². The molecule has 0 atom stereocenters. The number of benzene rings is 1. The molecule has 0 amide bonds. The van der Waals surface area contributed by atoms with Gasteiger partial charge in [-0.2, -0.15) is 0 Å². The lowest BCUT2D eigenvalue weighted by atomic mass is 10.1. The first-order valence-electron chi connectivity index (χ1n) is 6.04. The van der Waals surface area contributed by atoms with Crippen LogP contribution in [-0.2, 0) is 16.0 Å². The second-order valence-electron chi connectivity index (χ2n) is 3.92. The quantitative estimate of drug-likeness (QED) is 0.683. The van der Waals surface area contributed by atoms with Gasteiger partial charge < -0.3 is 9.47 Å². The third-order valence-electron chi connectivity index (χ3n) is 2.54. The number of esters is 1. The number of unbranched alkanes of at least 4 members (excludes halogenated alkanes) is 1. The molecule has 3 heteroatoms. The normalized spacial score (nSPS) is 10.0. The monoisotopic (exact) mass is 236 g/mol. The van der Waals surface area contributed by atoms with Crippen LogP contribution in [-0.4, -0.2) is 19.7 Å². The molecule has 0 radical (unpaired) electrons. The fourth-order valence-corrected chi connectivity index (χ4v) is 1.49. The lowest BCUT2D eigenvalue weighted by Gasteiger charge is -2.06. The number of carbonyl (C=O) groups excluding carboxylic acids is 1. The highest BCUT2D eigenvalue weighted by Gasteiger charge is 2.00. The van der Waals surface area contributed by atoms with Crippen molar-refractivity contribution >= 4 is 5.97 Å². The van der Waals surface area contributed by atoms with Gasteiger partial charge in [-0.25, -0.2) is 0 Å². The molecule has 0 heterocycles. The summed E-state index contributed by atoms with van der Waals surface area (Å²) in [5.74, 6) is 0.554.